The molecule has 0 bridgehead atoms. The molecule has 1 aromatic carbocycles. The summed E-state index contributed by atoms with van der Waals surface area (Å²) in [7, 11) is 1.24. The van der Waals surface area contributed by atoms with Crippen molar-refractivity contribution >= 4 is 23.4 Å². The van der Waals surface area contributed by atoms with Crippen molar-refractivity contribution in [1.82, 2.24) is 14.8 Å². The number of amides is 1. The Morgan fingerprint density at radius 1 is 1.22 bits per heavy atom. The van der Waals surface area contributed by atoms with Crippen molar-refractivity contribution in [2.45, 2.75) is 26.3 Å². The first-order valence-corrected chi connectivity index (χ1v) is 11.9. The largest absolute Gasteiger partial charge is 0.507 e. The van der Waals surface area contributed by atoms with Gasteiger partial charge in [-0.3, -0.25) is 14.5 Å². The molecule has 1 aromatic heterocycles. The lowest BCUT2D eigenvalue weighted by Crippen LogP contribution is -2.39. The summed E-state index contributed by atoms with van der Waals surface area (Å²) in [4.78, 5) is 45.1. The number of nitrogens with one attached hydrogen (secondary N) is 1. The van der Waals surface area contributed by atoms with Crippen LogP contribution in [0.25, 0.3) is 5.76 Å². The van der Waals surface area contributed by atoms with Gasteiger partial charge in [0.1, 0.15) is 17.3 Å². The van der Waals surface area contributed by atoms with Crippen LogP contribution in [-0.2, 0) is 19.1 Å². The molecule has 0 radical (unpaired) electrons. The number of aryl methyl sites for hydroxylation is 1. The second-order valence-corrected chi connectivity index (χ2v) is 8.97. The van der Waals surface area contributed by atoms with E-state index in [0.29, 0.717) is 43.0 Å². The zero-order chi connectivity index (χ0) is 26.0. The van der Waals surface area contributed by atoms with Crippen LogP contribution in [0.1, 0.15) is 45.3 Å². The van der Waals surface area contributed by atoms with Gasteiger partial charge in [0.25, 0.3) is 11.7 Å². The fourth-order valence-corrected chi connectivity index (χ4v) is 4.97. The third kappa shape index (κ3) is 4.78. The Hall–Kier alpha value is -3.50. The normalized spacial score (nSPS) is 20.2. The zero-order valence-electron chi connectivity index (χ0n) is 20.6. The maximum absolute atomic E-state index is 14.2. The number of aromatic nitrogens is 1. The standard InChI is InChI=1S/C26H30FN3O6/c1-15-19(16(2)28-21(15)26(34)35-3)23(31)20-22(17-6-4-7-18(27)14-17)30(25(33)24(20)32)9-5-8-29-10-12-36-13-11-29/h4,6-7,14,22,28,31H,5,8-13H2,1-3H3/b23-20-. The highest BCUT2D eigenvalue weighted by molar-refractivity contribution is 6.46. The Morgan fingerprint density at radius 3 is 2.61 bits per heavy atom. The van der Waals surface area contributed by atoms with Gasteiger partial charge in [-0.25, -0.2) is 9.18 Å². The maximum Gasteiger partial charge on any atom is 0.354 e. The van der Waals surface area contributed by atoms with Gasteiger partial charge in [0, 0.05) is 37.4 Å². The lowest BCUT2D eigenvalue weighted by molar-refractivity contribution is -0.140. The van der Waals surface area contributed by atoms with Crippen LogP contribution in [0.4, 0.5) is 4.39 Å². The topological polar surface area (TPSA) is 112 Å². The minimum atomic E-state index is -0.972. The van der Waals surface area contributed by atoms with Gasteiger partial charge < -0.3 is 24.5 Å². The molecule has 1 atom stereocenters. The summed E-state index contributed by atoms with van der Waals surface area (Å²) in [6.07, 6.45) is 0.591. The van der Waals surface area contributed by atoms with Gasteiger partial charge in [-0.1, -0.05) is 12.1 Å². The molecule has 36 heavy (non-hydrogen) atoms. The zero-order valence-corrected chi connectivity index (χ0v) is 20.6. The first kappa shape index (κ1) is 25.6. The number of morpholine rings is 1. The van der Waals surface area contributed by atoms with Gasteiger partial charge in [-0.15, -0.1) is 0 Å². The van der Waals surface area contributed by atoms with Gasteiger partial charge in [0.15, 0.2) is 0 Å². The second-order valence-electron chi connectivity index (χ2n) is 8.97. The number of hydrogen-bond donors (Lipinski definition) is 2. The summed E-state index contributed by atoms with van der Waals surface area (Å²) in [5.74, 6) is -3.17. The number of ether oxygens (including phenoxy) is 2. The van der Waals surface area contributed by atoms with E-state index in [1.807, 2.05) is 0 Å². The number of methoxy groups -OCH3 is 1. The highest BCUT2D eigenvalue weighted by Gasteiger charge is 2.46. The van der Waals surface area contributed by atoms with E-state index in [0.717, 1.165) is 13.1 Å². The van der Waals surface area contributed by atoms with Gasteiger partial charge in [0.2, 0.25) is 0 Å². The van der Waals surface area contributed by atoms with E-state index in [-0.39, 0.29) is 23.4 Å². The Morgan fingerprint density at radius 2 is 1.94 bits per heavy atom. The average Bonchev–Trinajstić information content (AvgIpc) is 3.31. The predicted octanol–water partition coefficient (Wildman–Crippen LogP) is 2.70. The number of carbonyl (C=O) groups excluding carboxylic acids is 3. The van der Waals surface area contributed by atoms with Crippen molar-refractivity contribution < 1.29 is 33.4 Å². The lowest BCUT2D eigenvalue weighted by Gasteiger charge is -2.29. The summed E-state index contributed by atoms with van der Waals surface area (Å²) < 4.78 is 24.4. The number of aliphatic hydroxyl groups excluding tert-OH is 1. The van der Waals surface area contributed by atoms with E-state index < -0.39 is 35.3 Å². The van der Waals surface area contributed by atoms with Crippen LogP contribution in [-0.4, -0.2) is 84.1 Å². The fraction of sp³-hybridized carbons (Fsp3) is 0.423. The van der Waals surface area contributed by atoms with E-state index in [4.69, 9.17) is 9.47 Å². The van der Waals surface area contributed by atoms with E-state index >= 15 is 0 Å². The number of carbonyl (C=O) groups is 3. The molecule has 0 aliphatic carbocycles. The van der Waals surface area contributed by atoms with Crippen molar-refractivity contribution in [2.24, 2.45) is 0 Å². The molecule has 1 amide bonds. The second kappa shape index (κ2) is 10.6. The first-order valence-electron chi connectivity index (χ1n) is 11.9. The van der Waals surface area contributed by atoms with Crippen LogP contribution in [0.2, 0.25) is 0 Å². The molecule has 2 N–H and O–H groups in total. The number of nitrogens with zero attached hydrogens (tertiary/aromatic N) is 2. The number of benzene rings is 1. The molecule has 4 rings (SSSR count). The number of likely N-dealkylation sites (tertiary alicyclic amines) is 1. The van der Waals surface area contributed by atoms with Gasteiger partial charge in [0.05, 0.1) is 31.9 Å². The highest BCUT2D eigenvalue weighted by atomic mass is 19.1. The number of halogens is 1. The molecule has 2 aromatic rings. The molecule has 2 aliphatic heterocycles. The number of esters is 1. The van der Waals surface area contributed by atoms with Crippen molar-refractivity contribution in [3.63, 3.8) is 0 Å². The van der Waals surface area contributed by atoms with Gasteiger partial charge in [-0.2, -0.15) is 0 Å². The van der Waals surface area contributed by atoms with Crippen LogP contribution in [0.15, 0.2) is 29.8 Å². The molecule has 0 saturated carbocycles. The van der Waals surface area contributed by atoms with Crippen molar-refractivity contribution in [2.75, 3.05) is 46.5 Å². The van der Waals surface area contributed by atoms with Gasteiger partial charge in [-0.05, 0) is 43.5 Å². The highest BCUT2D eigenvalue weighted by Crippen LogP contribution is 2.41. The molecule has 1 unspecified atom stereocenters. The molecular weight excluding hydrogens is 469 g/mol. The summed E-state index contributed by atoms with van der Waals surface area (Å²) in [5, 5.41) is 11.4. The van der Waals surface area contributed by atoms with Crippen molar-refractivity contribution in [3.05, 3.63) is 63.7 Å². The molecule has 3 heterocycles. The van der Waals surface area contributed by atoms with Crippen LogP contribution in [0, 0.1) is 19.7 Å². The van der Waals surface area contributed by atoms with Crippen LogP contribution < -0.4 is 0 Å². The number of aromatic amines is 1. The smallest absolute Gasteiger partial charge is 0.354 e. The van der Waals surface area contributed by atoms with Crippen LogP contribution in [0.5, 0.6) is 0 Å². The average molecular weight is 500 g/mol. The molecule has 0 spiro atoms. The lowest BCUT2D eigenvalue weighted by atomic mass is 9.94. The van der Waals surface area contributed by atoms with E-state index in [1.165, 1.54) is 30.2 Å². The summed E-state index contributed by atoms with van der Waals surface area (Å²) in [6, 6.07) is 4.69. The van der Waals surface area contributed by atoms with E-state index in [9.17, 15) is 23.9 Å². The molecule has 2 fully saturated rings. The summed E-state index contributed by atoms with van der Waals surface area (Å²) in [6.45, 7) is 7.10. The number of aliphatic hydroxyl groups is 1. The minimum Gasteiger partial charge on any atom is -0.507 e. The maximum atomic E-state index is 14.2. The molecular formula is C26H30FN3O6. The molecule has 9 nitrogen and oxygen atoms in total. The Labute approximate surface area is 208 Å². The fourth-order valence-electron chi connectivity index (χ4n) is 4.97. The summed E-state index contributed by atoms with van der Waals surface area (Å²) >= 11 is 0. The molecule has 2 aliphatic rings. The number of rotatable bonds is 7. The quantitative estimate of drug-likeness (QED) is 0.261. The van der Waals surface area contributed by atoms with Crippen LogP contribution in [0.3, 0.4) is 0 Å². The molecule has 192 valence electrons. The monoisotopic (exact) mass is 499 g/mol. The van der Waals surface area contributed by atoms with Gasteiger partial charge >= 0.3 is 5.97 Å². The Bertz CT molecular complexity index is 1210. The Kier molecular flexibility index (Phi) is 7.56. The van der Waals surface area contributed by atoms with E-state index in [2.05, 4.69) is 9.88 Å². The number of Topliss-reactive ketones (excluding diaryl/α,β-unsaturated/α-hetero) is 1. The number of ketones is 1. The Balaban J connectivity index is 1.75. The predicted molar refractivity (Wildman–Crippen MR) is 129 cm³/mol. The molecule has 2 saturated heterocycles. The third-order valence-electron chi connectivity index (χ3n) is 6.75. The van der Waals surface area contributed by atoms with Crippen LogP contribution >= 0.6 is 0 Å². The summed E-state index contributed by atoms with van der Waals surface area (Å²) in [5.41, 5.74) is 1.43. The minimum absolute atomic E-state index is 0.138. The number of H-pyrrole nitrogens is 1. The third-order valence-corrected chi connectivity index (χ3v) is 6.75. The SMILES string of the molecule is COC(=O)c1[nH]c(C)c(/C(O)=C2/C(=O)C(=O)N(CCCN3CCOCC3)C2c2cccc(F)c2)c1C. The first-order chi connectivity index (χ1) is 17.2. The van der Waals surface area contributed by atoms with Crippen molar-refractivity contribution in [1.29, 1.82) is 0 Å². The molecule has 10 heteroatoms. The van der Waals surface area contributed by atoms with Crippen molar-refractivity contribution in [3.8, 4) is 0 Å². The number of hydrogen-bond acceptors (Lipinski definition) is 7. The van der Waals surface area contributed by atoms with E-state index in [1.54, 1.807) is 19.9 Å².